The fraction of sp³-hybridized carbons (Fsp3) is 0.600. The van der Waals surface area contributed by atoms with E-state index in [1.807, 2.05) is 23.1 Å². The highest BCUT2D eigenvalue weighted by Crippen LogP contribution is 2.40. The quantitative estimate of drug-likeness (QED) is 0.764. The number of likely N-dealkylation sites (N-methyl/N-ethyl adjacent to an activating group) is 1. The van der Waals surface area contributed by atoms with Gasteiger partial charge in [0, 0.05) is 32.7 Å². The predicted octanol–water partition coefficient (Wildman–Crippen LogP) is 1.54. The molecule has 1 heterocycles. The van der Waals surface area contributed by atoms with Crippen LogP contribution in [0.15, 0.2) is 30.3 Å². The van der Waals surface area contributed by atoms with Crippen LogP contribution in [0.1, 0.15) is 25.3 Å². The van der Waals surface area contributed by atoms with Crippen LogP contribution in [0.2, 0.25) is 0 Å². The summed E-state index contributed by atoms with van der Waals surface area (Å²) < 4.78 is 0. The summed E-state index contributed by atoms with van der Waals surface area (Å²) in [5.41, 5.74) is 1.29. The Morgan fingerprint density at radius 2 is 1.80 bits per heavy atom. The summed E-state index contributed by atoms with van der Waals surface area (Å²) in [6.07, 6.45) is 2.62. The van der Waals surface area contributed by atoms with Crippen molar-refractivity contribution < 1.29 is 9.59 Å². The molecule has 25 heavy (non-hydrogen) atoms. The zero-order valence-electron chi connectivity index (χ0n) is 15.1. The minimum absolute atomic E-state index is 0.0543. The number of rotatable bonds is 7. The van der Waals surface area contributed by atoms with Gasteiger partial charge in [0.05, 0.1) is 11.8 Å². The summed E-state index contributed by atoms with van der Waals surface area (Å²) in [5, 5.41) is 3.00. The van der Waals surface area contributed by atoms with Gasteiger partial charge in [0.1, 0.15) is 0 Å². The molecule has 136 valence electrons. The molecule has 2 aliphatic rings. The molecule has 2 fully saturated rings. The van der Waals surface area contributed by atoms with Crippen LogP contribution in [0.5, 0.6) is 0 Å². The van der Waals surface area contributed by atoms with Gasteiger partial charge in [-0.2, -0.15) is 0 Å². The molecule has 2 amide bonds. The van der Waals surface area contributed by atoms with Crippen molar-refractivity contribution in [3.05, 3.63) is 35.9 Å². The van der Waals surface area contributed by atoms with E-state index in [-0.39, 0.29) is 23.7 Å². The molecule has 1 saturated heterocycles. The Morgan fingerprint density at radius 3 is 2.48 bits per heavy atom. The Kier molecular flexibility index (Phi) is 6.08. The number of piperazine rings is 1. The summed E-state index contributed by atoms with van der Waals surface area (Å²) >= 11 is 0. The minimum Gasteiger partial charge on any atom is -0.356 e. The van der Waals surface area contributed by atoms with Crippen molar-refractivity contribution >= 4 is 11.8 Å². The first-order valence-electron chi connectivity index (χ1n) is 9.52. The van der Waals surface area contributed by atoms with E-state index in [4.69, 9.17) is 0 Å². The Labute approximate surface area is 150 Å². The molecule has 5 nitrogen and oxygen atoms in total. The third kappa shape index (κ3) is 4.82. The fourth-order valence-electron chi connectivity index (χ4n) is 3.56. The van der Waals surface area contributed by atoms with E-state index in [1.165, 1.54) is 5.56 Å². The van der Waals surface area contributed by atoms with Gasteiger partial charge >= 0.3 is 0 Å². The van der Waals surface area contributed by atoms with Gasteiger partial charge in [-0.05, 0) is 31.4 Å². The number of benzene rings is 1. The van der Waals surface area contributed by atoms with Crippen molar-refractivity contribution in [1.82, 2.24) is 15.1 Å². The third-order valence-corrected chi connectivity index (χ3v) is 5.36. The van der Waals surface area contributed by atoms with E-state index < -0.39 is 0 Å². The molecule has 1 aliphatic heterocycles. The molecular weight excluding hydrogens is 314 g/mol. The summed E-state index contributed by atoms with van der Waals surface area (Å²) in [4.78, 5) is 29.0. The molecule has 1 aromatic carbocycles. The van der Waals surface area contributed by atoms with Gasteiger partial charge in [-0.3, -0.25) is 9.59 Å². The van der Waals surface area contributed by atoms with Crippen molar-refractivity contribution in [2.45, 2.75) is 26.2 Å². The molecule has 0 bridgehead atoms. The SMILES string of the molecule is CCN1CCN(C(=O)C2CC2C(=O)NCCCc2ccccc2)CC1. The summed E-state index contributed by atoms with van der Waals surface area (Å²) in [7, 11) is 0. The second-order valence-corrected chi connectivity index (χ2v) is 7.09. The van der Waals surface area contributed by atoms with Crippen LogP contribution in [0.4, 0.5) is 0 Å². The zero-order valence-corrected chi connectivity index (χ0v) is 15.1. The number of nitrogens with zero attached hydrogens (tertiary/aromatic N) is 2. The summed E-state index contributed by atoms with van der Waals surface area (Å²) in [5.74, 6) is 0.0505. The molecule has 2 unspecified atom stereocenters. The van der Waals surface area contributed by atoms with E-state index in [0.717, 1.165) is 52.0 Å². The second kappa shape index (κ2) is 8.48. The van der Waals surface area contributed by atoms with E-state index in [1.54, 1.807) is 0 Å². The summed E-state index contributed by atoms with van der Waals surface area (Å²) in [6, 6.07) is 10.3. The monoisotopic (exact) mass is 343 g/mol. The van der Waals surface area contributed by atoms with Gasteiger partial charge in [-0.15, -0.1) is 0 Å². The van der Waals surface area contributed by atoms with Crippen LogP contribution >= 0.6 is 0 Å². The third-order valence-electron chi connectivity index (χ3n) is 5.36. The van der Waals surface area contributed by atoms with Crippen molar-refractivity contribution in [3.63, 3.8) is 0 Å². The van der Waals surface area contributed by atoms with Gasteiger partial charge in [0.2, 0.25) is 11.8 Å². The lowest BCUT2D eigenvalue weighted by molar-refractivity contribution is -0.136. The maximum Gasteiger partial charge on any atom is 0.226 e. The molecule has 1 aromatic rings. The van der Waals surface area contributed by atoms with E-state index >= 15 is 0 Å². The van der Waals surface area contributed by atoms with Crippen molar-refractivity contribution in [2.75, 3.05) is 39.3 Å². The van der Waals surface area contributed by atoms with Crippen LogP contribution < -0.4 is 5.32 Å². The topological polar surface area (TPSA) is 52.7 Å². The number of hydrogen-bond donors (Lipinski definition) is 1. The highest BCUT2D eigenvalue weighted by molar-refractivity contribution is 5.92. The lowest BCUT2D eigenvalue weighted by Crippen LogP contribution is -2.49. The van der Waals surface area contributed by atoms with Crippen molar-refractivity contribution in [3.8, 4) is 0 Å². The van der Waals surface area contributed by atoms with Crippen LogP contribution in [0.3, 0.4) is 0 Å². The van der Waals surface area contributed by atoms with Crippen molar-refractivity contribution in [1.29, 1.82) is 0 Å². The Balaban J connectivity index is 1.34. The Morgan fingerprint density at radius 1 is 1.08 bits per heavy atom. The first kappa shape index (κ1) is 17.9. The van der Waals surface area contributed by atoms with Gasteiger partial charge in [0.25, 0.3) is 0 Å². The van der Waals surface area contributed by atoms with Gasteiger partial charge in [-0.25, -0.2) is 0 Å². The number of hydrogen-bond acceptors (Lipinski definition) is 3. The average Bonchev–Trinajstić information content (AvgIpc) is 3.46. The zero-order chi connectivity index (χ0) is 17.6. The predicted molar refractivity (Wildman–Crippen MR) is 98.1 cm³/mol. The van der Waals surface area contributed by atoms with Crippen LogP contribution in [0.25, 0.3) is 0 Å². The number of carbonyl (C=O) groups excluding carboxylic acids is 2. The molecule has 0 spiro atoms. The smallest absolute Gasteiger partial charge is 0.226 e. The van der Waals surface area contributed by atoms with E-state index in [2.05, 4.69) is 29.3 Å². The van der Waals surface area contributed by atoms with E-state index in [9.17, 15) is 9.59 Å². The molecule has 5 heteroatoms. The van der Waals surface area contributed by atoms with Gasteiger partial charge in [0.15, 0.2) is 0 Å². The van der Waals surface area contributed by atoms with Crippen LogP contribution in [-0.4, -0.2) is 60.9 Å². The van der Waals surface area contributed by atoms with E-state index in [0.29, 0.717) is 6.54 Å². The number of nitrogens with one attached hydrogen (secondary N) is 1. The molecule has 1 N–H and O–H groups in total. The highest BCUT2D eigenvalue weighted by Gasteiger charge is 2.49. The largest absolute Gasteiger partial charge is 0.356 e. The van der Waals surface area contributed by atoms with Gasteiger partial charge in [-0.1, -0.05) is 37.3 Å². The van der Waals surface area contributed by atoms with Crippen LogP contribution in [-0.2, 0) is 16.0 Å². The lowest BCUT2D eigenvalue weighted by atomic mass is 10.1. The lowest BCUT2D eigenvalue weighted by Gasteiger charge is -2.34. The number of aryl methyl sites for hydroxylation is 1. The fourth-order valence-corrected chi connectivity index (χ4v) is 3.56. The maximum absolute atomic E-state index is 12.5. The molecular formula is C20H29N3O2. The molecule has 0 aromatic heterocycles. The number of amides is 2. The summed E-state index contributed by atoms with van der Waals surface area (Å²) in [6.45, 7) is 7.37. The van der Waals surface area contributed by atoms with Crippen LogP contribution in [0, 0.1) is 11.8 Å². The molecule has 1 saturated carbocycles. The number of carbonyl (C=O) groups is 2. The standard InChI is InChI=1S/C20H29N3O2/c1-2-22-11-13-23(14-12-22)20(25)18-15-17(18)19(24)21-10-6-9-16-7-4-3-5-8-16/h3-5,7-8,17-18H,2,6,9-15H2,1H3,(H,21,24). The Bertz CT molecular complexity index is 582. The second-order valence-electron chi connectivity index (χ2n) is 7.09. The average molecular weight is 343 g/mol. The normalized spacial score (nSPS) is 23.3. The molecule has 2 atom stereocenters. The molecule has 0 radical (unpaired) electrons. The first-order chi connectivity index (χ1) is 12.2. The Hall–Kier alpha value is -1.88. The minimum atomic E-state index is -0.103. The first-order valence-corrected chi connectivity index (χ1v) is 9.52. The van der Waals surface area contributed by atoms with Crippen molar-refractivity contribution in [2.24, 2.45) is 11.8 Å². The van der Waals surface area contributed by atoms with Gasteiger partial charge < -0.3 is 15.1 Å². The highest BCUT2D eigenvalue weighted by atomic mass is 16.2. The molecule has 3 rings (SSSR count). The maximum atomic E-state index is 12.5. The molecule has 1 aliphatic carbocycles.